The van der Waals surface area contributed by atoms with Gasteiger partial charge in [-0.1, -0.05) is 30.3 Å². The Hall–Kier alpha value is -2.18. The molecule has 0 bridgehead atoms. The van der Waals surface area contributed by atoms with E-state index in [4.69, 9.17) is 0 Å². The fourth-order valence-electron chi connectivity index (χ4n) is 4.01. The maximum Gasteiger partial charge on any atom is 0.264 e. The average Bonchev–Trinajstić information content (AvgIpc) is 3.23. The molecule has 1 aliphatic heterocycles. The second kappa shape index (κ2) is 8.23. The number of nitrogens with zero attached hydrogens (tertiary/aromatic N) is 2. The van der Waals surface area contributed by atoms with E-state index < -0.39 is 0 Å². The van der Waals surface area contributed by atoms with Crippen LogP contribution in [0.1, 0.15) is 39.7 Å². The molecule has 1 saturated heterocycles. The van der Waals surface area contributed by atoms with Crippen LogP contribution in [-0.4, -0.2) is 54.3 Å². The number of rotatable bonds is 4. The van der Waals surface area contributed by atoms with Gasteiger partial charge in [-0.05, 0) is 41.8 Å². The first kappa shape index (κ1) is 18.2. The summed E-state index contributed by atoms with van der Waals surface area (Å²) in [6, 6.07) is 12.3. The van der Waals surface area contributed by atoms with Crippen molar-refractivity contribution in [3.63, 3.8) is 0 Å². The quantitative estimate of drug-likeness (QED) is 0.883. The maximum atomic E-state index is 12.6. The van der Waals surface area contributed by atoms with Crippen molar-refractivity contribution in [2.24, 2.45) is 0 Å². The zero-order valence-electron chi connectivity index (χ0n) is 15.4. The van der Waals surface area contributed by atoms with Crippen molar-refractivity contribution < 1.29 is 9.59 Å². The van der Waals surface area contributed by atoms with E-state index in [1.54, 1.807) is 0 Å². The lowest BCUT2D eigenvalue weighted by molar-refractivity contribution is -0.123. The van der Waals surface area contributed by atoms with Crippen molar-refractivity contribution in [3.05, 3.63) is 57.8 Å². The first-order valence-electron chi connectivity index (χ1n) is 9.63. The Morgan fingerprint density at radius 2 is 1.89 bits per heavy atom. The molecule has 2 aromatic rings. The first-order chi connectivity index (χ1) is 13.2. The lowest BCUT2D eigenvalue weighted by Crippen LogP contribution is -2.51. The smallest absolute Gasteiger partial charge is 0.264 e. The highest BCUT2D eigenvalue weighted by Gasteiger charge is 2.25. The van der Waals surface area contributed by atoms with Crippen LogP contribution in [0.5, 0.6) is 0 Å². The molecule has 142 valence electrons. The summed E-state index contributed by atoms with van der Waals surface area (Å²) in [5.74, 6) is 0.183. The monoisotopic (exact) mass is 383 g/mol. The van der Waals surface area contributed by atoms with Crippen LogP contribution in [0, 0.1) is 0 Å². The second-order valence-electron chi connectivity index (χ2n) is 7.26. The Morgan fingerprint density at radius 3 is 2.67 bits per heavy atom. The van der Waals surface area contributed by atoms with E-state index in [1.807, 2.05) is 28.5 Å². The van der Waals surface area contributed by atoms with Gasteiger partial charge in [0, 0.05) is 26.2 Å². The molecule has 1 N–H and O–H groups in total. The summed E-state index contributed by atoms with van der Waals surface area (Å²) < 4.78 is 0. The number of carbonyl (C=O) groups is 2. The molecule has 1 aliphatic carbocycles. The third-order valence-electron chi connectivity index (χ3n) is 5.46. The van der Waals surface area contributed by atoms with Crippen molar-refractivity contribution in [1.82, 2.24) is 15.1 Å². The standard InChI is InChI=1S/C21H25N3O2S/c25-20(22-18-8-3-6-16-5-1-2-7-17(16)18)15-23-10-12-24(13-11-23)21(26)19-9-4-14-27-19/h1-2,4-5,7,9,14,18H,3,6,8,10-13,15H2,(H,22,25)/t18-/m1/s1. The molecule has 1 atom stereocenters. The summed E-state index contributed by atoms with van der Waals surface area (Å²) in [6.45, 7) is 3.24. The van der Waals surface area contributed by atoms with Crippen LogP contribution in [0.15, 0.2) is 41.8 Å². The van der Waals surface area contributed by atoms with E-state index in [1.165, 1.54) is 22.5 Å². The Morgan fingerprint density at radius 1 is 1.07 bits per heavy atom. The summed E-state index contributed by atoms with van der Waals surface area (Å²) in [5, 5.41) is 5.15. The van der Waals surface area contributed by atoms with Gasteiger partial charge in [0.1, 0.15) is 0 Å². The molecule has 1 aromatic heterocycles. The molecule has 1 aromatic carbocycles. The zero-order chi connectivity index (χ0) is 18.6. The number of benzene rings is 1. The van der Waals surface area contributed by atoms with Gasteiger partial charge >= 0.3 is 0 Å². The summed E-state index contributed by atoms with van der Waals surface area (Å²) in [5.41, 5.74) is 2.62. The number of nitrogens with one attached hydrogen (secondary N) is 1. The Kier molecular flexibility index (Phi) is 5.55. The van der Waals surface area contributed by atoms with Gasteiger partial charge in [-0.2, -0.15) is 0 Å². The van der Waals surface area contributed by atoms with Crippen LogP contribution in [0.2, 0.25) is 0 Å². The van der Waals surface area contributed by atoms with Gasteiger partial charge in [0.15, 0.2) is 0 Å². The van der Waals surface area contributed by atoms with Gasteiger partial charge < -0.3 is 10.2 Å². The van der Waals surface area contributed by atoms with Crippen molar-refractivity contribution in [3.8, 4) is 0 Å². The maximum absolute atomic E-state index is 12.6. The number of aryl methyl sites for hydroxylation is 1. The van der Waals surface area contributed by atoms with Crippen LogP contribution in [0.25, 0.3) is 0 Å². The lowest BCUT2D eigenvalue weighted by atomic mass is 9.88. The number of hydrogen-bond donors (Lipinski definition) is 1. The summed E-state index contributed by atoms with van der Waals surface area (Å²) in [6.07, 6.45) is 3.22. The van der Waals surface area contributed by atoms with Gasteiger partial charge in [0.25, 0.3) is 5.91 Å². The predicted molar refractivity (Wildman–Crippen MR) is 107 cm³/mol. The number of thiophene rings is 1. The molecule has 0 saturated carbocycles. The predicted octanol–water partition coefficient (Wildman–Crippen LogP) is 2.70. The zero-order valence-corrected chi connectivity index (χ0v) is 16.2. The fraction of sp³-hybridized carbons (Fsp3) is 0.429. The molecule has 2 heterocycles. The number of carbonyl (C=O) groups excluding carboxylic acids is 2. The summed E-state index contributed by atoms with van der Waals surface area (Å²) in [4.78, 5) is 29.8. The average molecular weight is 384 g/mol. The minimum absolute atomic E-state index is 0.0785. The van der Waals surface area contributed by atoms with Crippen LogP contribution in [-0.2, 0) is 11.2 Å². The molecule has 0 radical (unpaired) electrons. The largest absolute Gasteiger partial charge is 0.348 e. The van der Waals surface area contributed by atoms with E-state index in [0.717, 1.165) is 37.2 Å². The highest BCUT2D eigenvalue weighted by atomic mass is 32.1. The van der Waals surface area contributed by atoms with Gasteiger partial charge in [-0.3, -0.25) is 14.5 Å². The topological polar surface area (TPSA) is 52.7 Å². The minimum Gasteiger partial charge on any atom is -0.348 e. The van der Waals surface area contributed by atoms with Gasteiger partial charge in [0.2, 0.25) is 5.91 Å². The second-order valence-corrected chi connectivity index (χ2v) is 8.20. The van der Waals surface area contributed by atoms with Crippen molar-refractivity contribution in [2.75, 3.05) is 32.7 Å². The van der Waals surface area contributed by atoms with Crippen LogP contribution < -0.4 is 5.32 Å². The SMILES string of the molecule is O=C(CN1CCN(C(=O)c2cccs2)CC1)N[C@@H]1CCCc2ccccc21. The number of fused-ring (bicyclic) bond motifs is 1. The van der Waals surface area contributed by atoms with Crippen LogP contribution >= 0.6 is 11.3 Å². The summed E-state index contributed by atoms with van der Waals surface area (Å²) in [7, 11) is 0. The van der Waals surface area contributed by atoms with Crippen molar-refractivity contribution in [2.45, 2.75) is 25.3 Å². The van der Waals surface area contributed by atoms with Gasteiger partial charge in [-0.25, -0.2) is 0 Å². The third kappa shape index (κ3) is 4.22. The molecule has 2 aliphatic rings. The minimum atomic E-state index is 0.0785. The third-order valence-corrected chi connectivity index (χ3v) is 6.32. The number of hydrogen-bond acceptors (Lipinski definition) is 4. The van der Waals surface area contributed by atoms with Crippen molar-refractivity contribution in [1.29, 1.82) is 0 Å². The van der Waals surface area contributed by atoms with E-state index in [-0.39, 0.29) is 17.9 Å². The molecule has 5 nitrogen and oxygen atoms in total. The van der Waals surface area contributed by atoms with E-state index in [9.17, 15) is 9.59 Å². The van der Waals surface area contributed by atoms with Crippen molar-refractivity contribution >= 4 is 23.2 Å². The fourth-order valence-corrected chi connectivity index (χ4v) is 4.70. The normalized spacial score (nSPS) is 20.1. The van der Waals surface area contributed by atoms with Gasteiger partial charge in [-0.15, -0.1) is 11.3 Å². The highest BCUT2D eigenvalue weighted by molar-refractivity contribution is 7.12. The Bertz CT molecular complexity index is 798. The van der Waals surface area contributed by atoms with E-state index in [2.05, 4.69) is 28.4 Å². The van der Waals surface area contributed by atoms with E-state index in [0.29, 0.717) is 19.6 Å². The molecule has 0 unspecified atom stereocenters. The molecular weight excluding hydrogens is 358 g/mol. The molecule has 2 amide bonds. The molecule has 27 heavy (non-hydrogen) atoms. The molecule has 6 heteroatoms. The highest BCUT2D eigenvalue weighted by Crippen LogP contribution is 2.29. The van der Waals surface area contributed by atoms with Crippen LogP contribution in [0.4, 0.5) is 0 Å². The Balaban J connectivity index is 1.27. The van der Waals surface area contributed by atoms with Gasteiger partial charge in [0.05, 0.1) is 17.5 Å². The molecular formula is C21H25N3O2S. The number of amides is 2. The van der Waals surface area contributed by atoms with E-state index >= 15 is 0 Å². The summed E-state index contributed by atoms with van der Waals surface area (Å²) >= 11 is 1.48. The Labute approximate surface area is 164 Å². The van der Waals surface area contributed by atoms with Crippen LogP contribution in [0.3, 0.4) is 0 Å². The molecule has 0 spiro atoms. The molecule has 1 fully saturated rings. The first-order valence-corrected chi connectivity index (χ1v) is 10.5. The lowest BCUT2D eigenvalue weighted by Gasteiger charge is -2.34. The number of piperazine rings is 1. The molecule has 4 rings (SSSR count).